The number of carbonyl (C=O) groups excluding carboxylic acids is 2. The van der Waals surface area contributed by atoms with Crippen molar-refractivity contribution >= 4 is 11.8 Å². The number of ether oxygens (including phenoxy) is 1. The Morgan fingerprint density at radius 3 is 2.68 bits per heavy atom. The predicted octanol–water partition coefficient (Wildman–Crippen LogP) is 1.88. The topological polar surface area (TPSA) is 78.9 Å². The van der Waals surface area contributed by atoms with E-state index in [4.69, 9.17) is 4.74 Å². The van der Waals surface area contributed by atoms with Gasteiger partial charge in [-0.2, -0.15) is 0 Å². The highest BCUT2D eigenvalue weighted by Crippen LogP contribution is 2.20. The van der Waals surface area contributed by atoms with Gasteiger partial charge in [0, 0.05) is 31.2 Å². The SMILES string of the molecule is COc1cccc(CC(=O)N2CC[C@H](CO)[C@H](NC(=O)c3ccccc3)C2)c1. The van der Waals surface area contributed by atoms with Crippen molar-refractivity contribution in [2.75, 3.05) is 26.8 Å². The van der Waals surface area contributed by atoms with E-state index in [1.165, 1.54) is 0 Å². The summed E-state index contributed by atoms with van der Waals surface area (Å²) >= 11 is 0. The Bertz CT molecular complexity index is 809. The smallest absolute Gasteiger partial charge is 0.251 e. The van der Waals surface area contributed by atoms with Crippen molar-refractivity contribution in [3.05, 3.63) is 65.7 Å². The lowest BCUT2D eigenvalue weighted by Gasteiger charge is -2.38. The molecule has 6 heteroatoms. The van der Waals surface area contributed by atoms with Crippen molar-refractivity contribution in [1.82, 2.24) is 10.2 Å². The van der Waals surface area contributed by atoms with Crippen LogP contribution in [0.5, 0.6) is 5.75 Å². The van der Waals surface area contributed by atoms with E-state index in [0.29, 0.717) is 25.1 Å². The number of nitrogens with zero attached hydrogens (tertiary/aromatic N) is 1. The summed E-state index contributed by atoms with van der Waals surface area (Å²) in [5.41, 5.74) is 1.46. The van der Waals surface area contributed by atoms with E-state index in [-0.39, 0.29) is 36.8 Å². The Morgan fingerprint density at radius 2 is 1.96 bits per heavy atom. The van der Waals surface area contributed by atoms with Gasteiger partial charge in [-0.25, -0.2) is 0 Å². The zero-order chi connectivity index (χ0) is 19.9. The van der Waals surface area contributed by atoms with Gasteiger partial charge in [0.25, 0.3) is 5.91 Å². The maximum atomic E-state index is 12.8. The molecular formula is C22H26N2O4. The van der Waals surface area contributed by atoms with E-state index in [2.05, 4.69) is 5.32 Å². The molecule has 1 fully saturated rings. The number of amides is 2. The highest BCUT2D eigenvalue weighted by molar-refractivity contribution is 5.94. The summed E-state index contributed by atoms with van der Waals surface area (Å²) in [6.45, 7) is 0.954. The third-order valence-corrected chi connectivity index (χ3v) is 5.19. The van der Waals surface area contributed by atoms with Crippen LogP contribution in [-0.4, -0.2) is 54.7 Å². The molecule has 1 heterocycles. The summed E-state index contributed by atoms with van der Waals surface area (Å²) in [6, 6.07) is 16.1. The van der Waals surface area contributed by atoms with Crippen molar-refractivity contribution in [2.45, 2.75) is 18.9 Å². The van der Waals surface area contributed by atoms with Gasteiger partial charge in [0.15, 0.2) is 0 Å². The minimum Gasteiger partial charge on any atom is -0.497 e. The highest BCUT2D eigenvalue weighted by Gasteiger charge is 2.32. The van der Waals surface area contributed by atoms with E-state index in [9.17, 15) is 14.7 Å². The summed E-state index contributed by atoms with van der Waals surface area (Å²) in [7, 11) is 1.60. The van der Waals surface area contributed by atoms with Gasteiger partial charge in [-0.05, 0) is 36.2 Å². The molecule has 0 aliphatic carbocycles. The number of nitrogens with one attached hydrogen (secondary N) is 1. The molecule has 2 aromatic rings. The second-order valence-electron chi connectivity index (χ2n) is 7.05. The van der Waals surface area contributed by atoms with Gasteiger partial charge in [0.1, 0.15) is 5.75 Å². The van der Waals surface area contributed by atoms with Crippen molar-refractivity contribution in [3.8, 4) is 5.75 Å². The Hall–Kier alpha value is -2.86. The molecule has 0 unspecified atom stereocenters. The molecule has 28 heavy (non-hydrogen) atoms. The van der Waals surface area contributed by atoms with Crippen LogP contribution >= 0.6 is 0 Å². The number of methoxy groups -OCH3 is 1. The first-order valence-corrected chi connectivity index (χ1v) is 9.48. The van der Waals surface area contributed by atoms with Crippen LogP contribution in [0.3, 0.4) is 0 Å². The van der Waals surface area contributed by atoms with Crippen LogP contribution < -0.4 is 10.1 Å². The summed E-state index contributed by atoms with van der Waals surface area (Å²) in [5.74, 6) is 0.473. The average Bonchev–Trinajstić information content (AvgIpc) is 2.74. The molecule has 1 aliphatic heterocycles. The molecule has 2 amide bonds. The maximum absolute atomic E-state index is 12.8. The normalized spacial score (nSPS) is 19.1. The second kappa shape index (κ2) is 9.37. The molecule has 0 bridgehead atoms. The second-order valence-corrected chi connectivity index (χ2v) is 7.05. The van der Waals surface area contributed by atoms with Crippen LogP contribution in [-0.2, 0) is 11.2 Å². The quantitative estimate of drug-likeness (QED) is 0.800. The van der Waals surface area contributed by atoms with Crippen molar-refractivity contribution in [2.24, 2.45) is 5.92 Å². The average molecular weight is 382 g/mol. The molecule has 2 N–H and O–H groups in total. The number of benzene rings is 2. The largest absolute Gasteiger partial charge is 0.497 e. The van der Waals surface area contributed by atoms with Gasteiger partial charge in [0.2, 0.25) is 5.91 Å². The Labute approximate surface area is 165 Å². The summed E-state index contributed by atoms with van der Waals surface area (Å²) in [5, 5.41) is 12.7. The molecule has 0 spiro atoms. The van der Waals surface area contributed by atoms with Gasteiger partial charge in [-0.15, -0.1) is 0 Å². The van der Waals surface area contributed by atoms with Crippen LogP contribution in [0.4, 0.5) is 0 Å². The third-order valence-electron chi connectivity index (χ3n) is 5.19. The zero-order valence-corrected chi connectivity index (χ0v) is 16.0. The minimum atomic E-state index is -0.277. The van der Waals surface area contributed by atoms with Gasteiger partial charge in [0.05, 0.1) is 19.6 Å². The summed E-state index contributed by atoms with van der Waals surface area (Å²) in [4.78, 5) is 27.0. The molecule has 6 nitrogen and oxygen atoms in total. The number of hydrogen-bond acceptors (Lipinski definition) is 4. The first-order valence-electron chi connectivity index (χ1n) is 9.48. The van der Waals surface area contributed by atoms with Crippen LogP contribution in [0.1, 0.15) is 22.3 Å². The van der Waals surface area contributed by atoms with Gasteiger partial charge in [-0.1, -0.05) is 30.3 Å². The Kier molecular flexibility index (Phi) is 6.66. The monoisotopic (exact) mass is 382 g/mol. The molecule has 3 rings (SSSR count). The number of aliphatic hydroxyl groups excluding tert-OH is 1. The van der Waals surface area contributed by atoms with E-state index in [1.807, 2.05) is 42.5 Å². The highest BCUT2D eigenvalue weighted by atomic mass is 16.5. The van der Waals surface area contributed by atoms with E-state index >= 15 is 0 Å². The Morgan fingerprint density at radius 1 is 1.18 bits per heavy atom. The fourth-order valence-corrected chi connectivity index (χ4v) is 3.52. The zero-order valence-electron chi connectivity index (χ0n) is 16.0. The third kappa shape index (κ3) is 4.89. The number of carbonyl (C=O) groups is 2. The van der Waals surface area contributed by atoms with E-state index in [0.717, 1.165) is 11.3 Å². The summed E-state index contributed by atoms with van der Waals surface area (Å²) in [6.07, 6.45) is 0.931. The maximum Gasteiger partial charge on any atom is 0.251 e. The van der Waals surface area contributed by atoms with Crippen molar-refractivity contribution in [3.63, 3.8) is 0 Å². The van der Waals surface area contributed by atoms with Gasteiger partial charge in [-0.3, -0.25) is 9.59 Å². The van der Waals surface area contributed by atoms with Crippen molar-refractivity contribution in [1.29, 1.82) is 0 Å². The molecule has 148 valence electrons. The fourth-order valence-electron chi connectivity index (χ4n) is 3.52. The standard InChI is InChI=1S/C22H26N2O4/c1-28-19-9-5-6-16(12-19)13-21(26)24-11-10-18(15-25)20(14-24)23-22(27)17-7-3-2-4-8-17/h2-9,12,18,20,25H,10-11,13-15H2,1H3,(H,23,27)/t18-,20-/m1/s1. The number of piperidine rings is 1. The lowest BCUT2D eigenvalue weighted by atomic mass is 9.91. The molecule has 2 aromatic carbocycles. The number of rotatable bonds is 6. The first kappa shape index (κ1) is 19.9. The van der Waals surface area contributed by atoms with Crippen LogP contribution in [0, 0.1) is 5.92 Å². The lowest BCUT2D eigenvalue weighted by Crippen LogP contribution is -2.55. The predicted molar refractivity (Wildman–Crippen MR) is 106 cm³/mol. The van der Waals surface area contributed by atoms with Crippen LogP contribution in [0.2, 0.25) is 0 Å². The Balaban J connectivity index is 1.65. The lowest BCUT2D eigenvalue weighted by molar-refractivity contribution is -0.132. The van der Waals surface area contributed by atoms with Gasteiger partial charge >= 0.3 is 0 Å². The number of aliphatic hydroxyl groups is 1. The first-order chi connectivity index (χ1) is 13.6. The van der Waals surface area contributed by atoms with E-state index in [1.54, 1.807) is 24.1 Å². The molecule has 0 radical (unpaired) electrons. The number of hydrogen-bond donors (Lipinski definition) is 2. The minimum absolute atomic E-state index is 0.00334. The van der Waals surface area contributed by atoms with Crippen LogP contribution in [0.25, 0.3) is 0 Å². The number of likely N-dealkylation sites (tertiary alicyclic amines) is 1. The molecular weight excluding hydrogens is 356 g/mol. The summed E-state index contributed by atoms with van der Waals surface area (Å²) < 4.78 is 5.21. The molecule has 1 saturated heterocycles. The molecule has 0 saturated carbocycles. The van der Waals surface area contributed by atoms with Gasteiger partial charge < -0.3 is 20.1 Å². The molecule has 2 atom stereocenters. The van der Waals surface area contributed by atoms with Crippen LogP contribution in [0.15, 0.2) is 54.6 Å². The fraction of sp³-hybridized carbons (Fsp3) is 0.364. The van der Waals surface area contributed by atoms with E-state index < -0.39 is 0 Å². The van der Waals surface area contributed by atoms with Crippen molar-refractivity contribution < 1.29 is 19.4 Å². The molecule has 1 aliphatic rings. The molecule has 0 aromatic heterocycles.